The monoisotopic (exact) mass is 268 g/mol. The molecule has 1 aromatic rings. The van der Waals surface area contributed by atoms with Crippen LogP contribution in [0.3, 0.4) is 0 Å². The minimum atomic E-state index is -4.33. The fourth-order valence-electron chi connectivity index (χ4n) is 0.902. The molecule has 0 fully saturated rings. The first kappa shape index (κ1) is 13.9. The quantitative estimate of drug-likeness (QED) is 0.271. The molecule has 10 heteroatoms. The summed E-state index contributed by atoms with van der Waals surface area (Å²) in [5.41, 5.74) is 5.07. The number of nitrogens with two attached hydrogens (primary N) is 1. The first-order valence-electron chi connectivity index (χ1n) is 4.47. The summed E-state index contributed by atoms with van der Waals surface area (Å²) in [4.78, 5) is 0. The molecular formula is C8H8F4N4O2. The maximum absolute atomic E-state index is 12.6. The van der Waals surface area contributed by atoms with Gasteiger partial charge in [-0.3, -0.25) is 0 Å². The number of alkyl halides is 4. The minimum Gasteiger partial charge on any atom is -0.469 e. The Hall–Kier alpha value is -2.13. The van der Waals surface area contributed by atoms with Gasteiger partial charge in [0.15, 0.2) is 12.4 Å². The lowest BCUT2D eigenvalue weighted by Gasteiger charge is -2.16. The van der Waals surface area contributed by atoms with E-state index in [9.17, 15) is 17.6 Å². The lowest BCUT2D eigenvalue weighted by molar-refractivity contribution is -0.148. The summed E-state index contributed by atoms with van der Waals surface area (Å²) in [6, 6.07) is 1.16. The van der Waals surface area contributed by atoms with Crippen molar-refractivity contribution >= 4 is 5.84 Å². The molecule has 0 aliphatic carbocycles. The SMILES string of the molecule is N/C(=N/O)c1ccnnc1OCC(F)(F)C(F)F. The molecule has 3 N–H and O–H groups in total. The summed E-state index contributed by atoms with van der Waals surface area (Å²) in [6.07, 6.45) is -2.74. The average Bonchev–Trinajstić information content (AvgIpc) is 2.35. The second-order valence-electron chi connectivity index (χ2n) is 3.09. The normalized spacial score (nSPS) is 12.8. The van der Waals surface area contributed by atoms with Gasteiger partial charge in [-0.05, 0) is 6.07 Å². The van der Waals surface area contributed by atoms with Crippen LogP contribution < -0.4 is 10.5 Å². The van der Waals surface area contributed by atoms with Crippen LogP contribution in [-0.2, 0) is 0 Å². The van der Waals surface area contributed by atoms with E-state index < -0.39 is 30.7 Å². The Labute approximate surface area is 98.1 Å². The van der Waals surface area contributed by atoms with Crippen molar-refractivity contribution in [3.05, 3.63) is 17.8 Å². The number of amidine groups is 1. The molecular weight excluding hydrogens is 260 g/mol. The zero-order valence-electron chi connectivity index (χ0n) is 8.73. The molecule has 1 aromatic heterocycles. The van der Waals surface area contributed by atoms with Crippen molar-refractivity contribution in [3.63, 3.8) is 0 Å². The highest BCUT2D eigenvalue weighted by Crippen LogP contribution is 2.24. The largest absolute Gasteiger partial charge is 0.469 e. The molecule has 1 heterocycles. The Morgan fingerprint density at radius 3 is 2.78 bits per heavy atom. The Morgan fingerprint density at radius 2 is 2.22 bits per heavy atom. The van der Waals surface area contributed by atoms with Crippen LogP contribution >= 0.6 is 0 Å². The second-order valence-corrected chi connectivity index (χ2v) is 3.09. The number of oxime groups is 1. The molecule has 0 aromatic carbocycles. The molecule has 1 rings (SSSR count). The van der Waals surface area contributed by atoms with Crippen molar-refractivity contribution in [2.75, 3.05) is 6.61 Å². The Kier molecular flexibility index (Phi) is 4.23. The van der Waals surface area contributed by atoms with Gasteiger partial charge in [-0.2, -0.15) is 13.9 Å². The third-order valence-electron chi connectivity index (χ3n) is 1.79. The maximum Gasteiger partial charge on any atom is 0.340 e. The van der Waals surface area contributed by atoms with Crippen molar-refractivity contribution in [3.8, 4) is 5.88 Å². The highest BCUT2D eigenvalue weighted by atomic mass is 19.3. The van der Waals surface area contributed by atoms with E-state index in [2.05, 4.69) is 20.1 Å². The molecule has 0 unspecified atom stereocenters. The Balaban J connectivity index is 2.86. The molecule has 0 atom stereocenters. The lowest BCUT2D eigenvalue weighted by atomic mass is 10.3. The highest BCUT2D eigenvalue weighted by molar-refractivity contribution is 5.98. The van der Waals surface area contributed by atoms with Gasteiger partial charge < -0.3 is 15.7 Å². The molecule has 0 saturated heterocycles. The predicted octanol–water partition coefficient (Wildman–Crippen LogP) is 0.850. The van der Waals surface area contributed by atoms with Gasteiger partial charge in [0.1, 0.15) is 0 Å². The fraction of sp³-hybridized carbons (Fsp3) is 0.375. The van der Waals surface area contributed by atoms with Crippen LogP contribution in [0.25, 0.3) is 0 Å². The number of ether oxygens (including phenoxy) is 1. The zero-order chi connectivity index (χ0) is 13.8. The third kappa shape index (κ3) is 3.18. The van der Waals surface area contributed by atoms with Crippen LogP contribution in [0.15, 0.2) is 17.4 Å². The summed E-state index contributed by atoms with van der Waals surface area (Å²) in [5.74, 6) is -5.34. The van der Waals surface area contributed by atoms with Crippen molar-refractivity contribution in [2.45, 2.75) is 12.3 Å². The van der Waals surface area contributed by atoms with Gasteiger partial charge in [0.05, 0.1) is 11.8 Å². The molecule has 0 aliphatic rings. The van der Waals surface area contributed by atoms with Gasteiger partial charge in [-0.15, -0.1) is 5.10 Å². The fourth-order valence-corrected chi connectivity index (χ4v) is 0.902. The van der Waals surface area contributed by atoms with Crippen molar-refractivity contribution in [1.82, 2.24) is 10.2 Å². The van der Waals surface area contributed by atoms with Crippen LogP contribution in [0, 0.1) is 0 Å². The van der Waals surface area contributed by atoms with Gasteiger partial charge in [-0.25, -0.2) is 8.78 Å². The summed E-state index contributed by atoms with van der Waals surface area (Å²) in [6.45, 7) is -1.60. The van der Waals surface area contributed by atoms with Gasteiger partial charge in [-0.1, -0.05) is 5.16 Å². The molecule has 18 heavy (non-hydrogen) atoms. The molecule has 0 radical (unpaired) electrons. The van der Waals surface area contributed by atoms with Crippen LogP contribution in [-0.4, -0.2) is 40.2 Å². The van der Waals surface area contributed by atoms with E-state index in [1.54, 1.807) is 0 Å². The second kappa shape index (κ2) is 5.47. The van der Waals surface area contributed by atoms with Crippen molar-refractivity contribution in [2.24, 2.45) is 10.9 Å². The molecule has 6 nitrogen and oxygen atoms in total. The van der Waals surface area contributed by atoms with Crippen LogP contribution in [0.1, 0.15) is 5.56 Å². The third-order valence-corrected chi connectivity index (χ3v) is 1.79. The number of aromatic nitrogens is 2. The summed E-state index contributed by atoms with van der Waals surface area (Å²) < 4.78 is 53.4. The number of nitrogens with zero attached hydrogens (tertiary/aromatic N) is 3. The average molecular weight is 268 g/mol. The summed E-state index contributed by atoms with van der Waals surface area (Å²) in [7, 11) is 0. The topological polar surface area (TPSA) is 93.6 Å². The van der Waals surface area contributed by atoms with Gasteiger partial charge in [0, 0.05) is 0 Å². The van der Waals surface area contributed by atoms with E-state index >= 15 is 0 Å². The first-order chi connectivity index (χ1) is 8.38. The first-order valence-corrected chi connectivity index (χ1v) is 4.47. The number of hydrogen-bond donors (Lipinski definition) is 2. The lowest BCUT2D eigenvalue weighted by Crippen LogP contribution is -2.34. The standard InChI is InChI=1S/C8H8F4N4O2/c9-7(10)8(11,12)3-18-6-4(5(13)16-17)1-2-14-15-6/h1-2,7,17H,3H2,(H2,13,16). The summed E-state index contributed by atoms with van der Waals surface area (Å²) in [5, 5.41) is 17.6. The van der Waals surface area contributed by atoms with Gasteiger partial charge in [0.2, 0.25) is 5.88 Å². The van der Waals surface area contributed by atoms with Crippen LogP contribution in [0.5, 0.6) is 5.88 Å². The molecule has 0 saturated carbocycles. The molecule has 0 bridgehead atoms. The molecule has 0 amide bonds. The Bertz CT molecular complexity index is 441. The van der Waals surface area contributed by atoms with E-state index in [0.717, 1.165) is 12.3 Å². The Morgan fingerprint density at radius 1 is 1.56 bits per heavy atom. The van der Waals surface area contributed by atoms with Gasteiger partial charge >= 0.3 is 12.3 Å². The van der Waals surface area contributed by atoms with Crippen molar-refractivity contribution in [1.29, 1.82) is 0 Å². The maximum atomic E-state index is 12.6. The smallest absolute Gasteiger partial charge is 0.340 e. The van der Waals surface area contributed by atoms with Crippen LogP contribution in [0.4, 0.5) is 17.6 Å². The molecule has 100 valence electrons. The minimum absolute atomic E-state index is 0.141. The van der Waals surface area contributed by atoms with E-state index in [0.29, 0.717) is 0 Å². The molecule has 0 spiro atoms. The van der Waals surface area contributed by atoms with Crippen LogP contribution in [0.2, 0.25) is 0 Å². The zero-order valence-corrected chi connectivity index (χ0v) is 8.73. The summed E-state index contributed by atoms with van der Waals surface area (Å²) >= 11 is 0. The highest BCUT2D eigenvalue weighted by Gasteiger charge is 2.42. The van der Waals surface area contributed by atoms with Gasteiger partial charge in [0.25, 0.3) is 0 Å². The van der Waals surface area contributed by atoms with E-state index in [4.69, 9.17) is 10.9 Å². The predicted molar refractivity (Wildman–Crippen MR) is 51.0 cm³/mol. The number of halogens is 4. The van der Waals surface area contributed by atoms with Crippen molar-refractivity contribution < 1.29 is 27.5 Å². The van der Waals surface area contributed by atoms with E-state index in [-0.39, 0.29) is 5.56 Å². The van der Waals surface area contributed by atoms with E-state index in [1.807, 2.05) is 0 Å². The van der Waals surface area contributed by atoms with E-state index in [1.165, 1.54) is 0 Å². The number of hydrogen-bond acceptors (Lipinski definition) is 5. The molecule has 0 aliphatic heterocycles. The number of rotatable bonds is 5.